The Labute approximate surface area is 121 Å². The molecule has 0 aromatic heterocycles. The standard InChI is InChI=1S/C13H17ClF3NS/c1-8(12(19-4)18(2)3)10-6-5-9(7-11(10)14)13(15,16)17/h5-8,12H,1-4H3/t8-,12?/m0/s1. The zero-order valence-corrected chi connectivity index (χ0v) is 12.8. The maximum absolute atomic E-state index is 12.6. The molecule has 6 heteroatoms. The minimum atomic E-state index is -4.36. The van der Waals surface area contributed by atoms with Crippen LogP contribution in [0.25, 0.3) is 0 Å². The lowest BCUT2D eigenvalue weighted by molar-refractivity contribution is -0.137. The molecule has 0 heterocycles. The van der Waals surface area contributed by atoms with Gasteiger partial charge in [0.1, 0.15) is 0 Å². The zero-order chi connectivity index (χ0) is 14.8. The molecule has 0 saturated heterocycles. The number of nitrogens with zero attached hydrogens (tertiary/aromatic N) is 1. The van der Waals surface area contributed by atoms with Gasteiger partial charge in [0, 0.05) is 10.9 Å². The highest BCUT2D eigenvalue weighted by Gasteiger charge is 2.31. The summed E-state index contributed by atoms with van der Waals surface area (Å²) < 4.78 is 37.7. The van der Waals surface area contributed by atoms with Crippen molar-refractivity contribution < 1.29 is 13.2 Å². The summed E-state index contributed by atoms with van der Waals surface area (Å²) in [4.78, 5) is 2.03. The molecule has 0 aliphatic rings. The molecule has 1 aromatic rings. The second-order valence-corrected chi connectivity index (χ2v) is 5.97. The van der Waals surface area contributed by atoms with E-state index in [2.05, 4.69) is 0 Å². The van der Waals surface area contributed by atoms with Crippen molar-refractivity contribution in [1.82, 2.24) is 4.90 Å². The predicted molar refractivity (Wildman–Crippen MR) is 75.9 cm³/mol. The summed E-state index contributed by atoms with van der Waals surface area (Å²) in [5.41, 5.74) is 0.0294. The van der Waals surface area contributed by atoms with E-state index < -0.39 is 11.7 Å². The van der Waals surface area contributed by atoms with Crippen LogP contribution in [0.2, 0.25) is 5.02 Å². The van der Waals surface area contributed by atoms with Gasteiger partial charge in [-0.05, 0) is 38.0 Å². The average Bonchev–Trinajstić information content (AvgIpc) is 2.27. The summed E-state index contributed by atoms with van der Waals surface area (Å²) in [6, 6.07) is 3.56. The summed E-state index contributed by atoms with van der Waals surface area (Å²) in [7, 11) is 3.88. The molecule has 0 fully saturated rings. The quantitative estimate of drug-likeness (QED) is 0.741. The predicted octanol–water partition coefficient (Wildman–Crippen LogP) is 4.71. The molecule has 1 nitrogen and oxygen atoms in total. The summed E-state index contributed by atoms with van der Waals surface area (Å²) in [5.74, 6) is 0.0415. The molecule has 0 bridgehead atoms. The van der Waals surface area contributed by atoms with Crippen molar-refractivity contribution in [2.24, 2.45) is 0 Å². The molecule has 0 saturated carbocycles. The molecule has 2 atom stereocenters. The molecule has 0 radical (unpaired) electrons. The molecule has 0 aliphatic carbocycles. The number of hydrogen-bond acceptors (Lipinski definition) is 2. The van der Waals surface area contributed by atoms with Crippen molar-refractivity contribution in [2.75, 3.05) is 20.4 Å². The molecular formula is C13H17ClF3NS. The fourth-order valence-electron chi connectivity index (χ4n) is 2.09. The van der Waals surface area contributed by atoms with Gasteiger partial charge < -0.3 is 0 Å². The normalized spacial score (nSPS) is 15.6. The Morgan fingerprint density at radius 2 is 1.84 bits per heavy atom. The summed E-state index contributed by atoms with van der Waals surface area (Å²) in [6.07, 6.45) is -2.38. The van der Waals surface area contributed by atoms with Gasteiger partial charge in [0.15, 0.2) is 0 Å². The first kappa shape index (κ1) is 16.7. The highest BCUT2D eigenvalue weighted by atomic mass is 35.5. The molecule has 1 rings (SSSR count). The Kier molecular flexibility index (Phi) is 5.59. The van der Waals surface area contributed by atoms with Crippen LogP contribution in [0, 0.1) is 0 Å². The van der Waals surface area contributed by atoms with Crippen molar-refractivity contribution in [3.05, 3.63) is 34.3 Å². The number of likely N-dealkylation sites (N-methyl/N-ethyl adjacent to an activating group) is 1. The van der Waals surface area contributed by atoms with Gasteiger partial charge in [0.25, 0.3) is 0 Å². The van der Waals surface area contributed by atoms with Gasteiger partial charge in [-0.25, -0.2) is 0 Å². The van der Waals surface area contributed by atoms with E-state index in [-0.39, 0.29) is 16.3 Å². The van der Waals surface area contributed by atoms with Gasteiger partial charge in [-0.2, -0.15) is 13.2 Å². The number of benzene rings is 1. The zero-order valence-electron chi connectivity index (χ0n) is 11.3. The summed E-state index contributed by atoms with van der Waals surface area (Å²) in [5, 5.41) is 0.331. The Hall–Kier alpha value is -0.390. The Morgan fingerprint density at radius 3 is 2.21 bits per heavy atom. The maximum Gasteiger partial charge on any atom is 0.416 e. The van der Waals surface area contributed by atoms with E-state index in [1.165, 1.54) is 6.07 Å². The van der Waals surface area contributed by atoms with Crippen molar-refractivity contribution in [3.8, 4) is 0 Å². The lowest BCUT2D eigenvalue weighted by Crippen LogP contribution is -2.29. The van der Waals surface area contributed by atoms with E-state index in [1.54, 1.807) is 11.8 Å². The third-order valence-electron chi connectivity index (χ3n) is 3.00. The van der Waals surface area contributed by atoms with Crippen LogP contribution in [-0.4, -0.2) is 30.6 Å². The third kappa shape index (κ3) is 4.04. The first-order chi connectivity index (χ1) is 8.68. The number of rotatable bonds is 4. The van der Waals surface area contributed by atoms with E-state index in [9.17, 15) is 13.2 Å². The van der Waals surface area contributed by atoms with Gasteiger partial charge in [-0.3, -0.25) is 4.90 Å². The third-order valence-corrected chi connectivity index (χ3v) is 4.64. The lowest BCUT2D eigenvalue weighted by Gasteiger charge is -2.29. The van der Waals surface area contributed by atoms with Crippen LogP contribution in [0.15, 0.2) is 18.2 Å². The monoisotopic (exact) mass is 311 g/mol. The van der Waals surface area contributed by atoms with Crippen LogP contribution in [0.5, 0.6) is 0 Å². The number of thioether (sulfide) groups is 1. The highest BCUT2D eigenvalue weighted by molar-refractivity contribution is 7.99. The van der Waals surface area contributed by atoms with Crippen LogP contribution in [0.4, 0.5) is 13.2 Å². The van der Waals surface area contributed by atoms with Gasteiger partial charge in [-0.15, -0.1) is 11.8 Å². The first-order valence-electron chi connectivity index (χ1n) is 5.74. The van der Waals surface area contributed by atoms with E-state index in [0.29, 0.717) is 0 Å². The number of alkyl halides is 3. The van der Waals surface area contributed by atoms with Crippen molar-refractivity contribution in [1.29, 1.82) is 0 Å². The van der Waals surface area contributed by atoms with Crippen LogP contribution in [-0.2, 0) is 6.18 Å². The molecule has 0 N–H and O–H groups in total. The fourth-order valence-corrected chi connectivity index (χ4v) is 3.42. The number of halogens is 4. The smallest absolute Gasteiger partial charge is 0.297 e. The minimum absolute atomic E-state index is 0.0415. The fraction of sp³-hybridized carbons (Fsp3) is 0.538. The van der Waals surface area contributed by atoms with Gasteiger partial charge in [-0.1, -0.05) is 24.6 Å². The highest BCUT2D eigenvalue weighted by Crippen LogP contribution is 2.37. The van der Waals surface area contributed by atoms with Crippen molar-refractivity contribution >= 4 is 23.4 Å². The molecule has 0 aliphatic heterocycles. The molecule has 0 amide bonds. The summed E-state index contributed by atoms with van der Waals surface area (Å²) >= 11 is 7.65. The van der Waals surface area contributed by atoms with Gasteiger partial charge in [0.2, 0.25) is 0 Å². The first-order valence-corrected chi connectivity index (χ1v) is 7.41. The topological polar surface area (TPSA) is 3.24 Å². The molecule has 0 spiro atoms. The van der Waals surface area contributed by atoms with E-state index in [4.69, 9.17) is 11.6 Å². The summed E-state index contributed by atoms with van der Waals surface area (Å²) in [6.45, 7) is 1.97. The molecular weight excluding hydrogens is 295 g/mol. The second-order valence-electron chi connectivity index (χ2n) is 4.61. The largest absolute Gasteiger partial charge is 0.416 e. The van der Waals surface area contributed by atoms with Crippen LogP contribution < -0.4 is 0 Å². The van der Waals surface area contributed by atoms with Crippen molar-refractivity contribution in [3.63, 3.8) is 0 Å². The minimum Gasteiger partial charge on any atom is -0.297 e. The molecule has 1 aromatic carbocycles. The van der Waals surface area contributed by atoms with Gasteiger partial charge >= 0.3 is 6.18 Å². The van der Waals surface area contributed by atoms with E-state index >= 15 is 0 Å². The van der Waals surface area contributed by atoms with Crippen LogP contribution >= 0.6 is 23.4 Å². The Morgan fingerprint density at radius 1 is 1.26 bits per heavy atom. The van der Waals surface area contributed by atoms with E-state index in [1.807, 2.05) is 32.2 Å². The van der Waals surface area contributed by atoms with Crippen molar-refractivity contribution in [2.45, 2.75) is 24.4 Å². The Bertz CT molecular complexity index is 434. The average molecular weight is 312 g/mol. The van der Waals surface area contributed by atoms with E-state index in [0.717, 1.165) is 17.7 Å². The van der Waals surface area contributed by atoms with Crippen LogP contribution in [0.3, 0.4) is 0 Å². The second kappa shape index (κ2) is 6.37. The van der Waals surface area contributed by atoms with Crippen LogP contribution in [0.1, 0.15) is 24.0 Å². The van der Waals surface area contributed by atoms with Gasteiger partial charge in [0.05, 0.1) is 10.9 Å². The SMILES string of the molecule is CSC([C@@H](C)c1ccc(C(F)(F)F)cc1Cl)N(C)C. The lowest BCUT2D eigenvalue weighted by atomic mass is 9.98. The maximum atomic E-state index is 12.6. The molecule has 108 valence electrons. The molecule has 19 heavy (non-hydrogen) atoms. The molecule has 1 unspecified atom stereocenters. The Balaban J connectivity index is 3.09. The number of hydrogen-bond donors (Lipinski definition) is 0.